The van der Waals surface area contributed by atoms with Crippen LogP contribution in [0.5, 0.6) is 5.75 Å². The van der Waals surface area contributed by atoms with Crippen molar-refractivity contribution < 1.29 is 9.84 Å². The van der Waals surface area contributed by atoms with Crippen LogP contribution in [-0.4, -0.2) is 18.3 Å². The van der Waals surface area contributed by atoms with Gasteiger partial charge in [0.25, 0.3) is 0 Å². The zero-order valence-electron chi connectivity index (χ0n) is 11.0. The van der Waals surface area contributed by atoms with E-state index in [1.165, 1.54) is 11.1 Å². The zero-order valence-corrected chi connectivity index (χ0v) is 11.0. The van der Waals surface area contributed by atoms with Gasteiger partial charge in [0.2, 0.25) is 0 Å². The second-order valence-corrected chi connectivity index (χ2v) is 5.09. The monoisotopic (exact) mass is 254 g/mol. The lowest BCUT2D eigenvalue weighted by atomic mass is 9.73. The molecule has 19 heavy (non-hydrogen) atoms. The average molecular weight is 254 g/mol. The highest BCUT2D eigenvalue weighted by molar-refractivity contribution is 5.42. The number of para-hydroxylation sites is 1. The molecule has 3 rings (SSSR count). The van der Waals surface area contributed by atoms with E-state index < -0.39 is 0 Å². The lowest BCUT2D eigenvalue weighted by molar-refractivity contribution is 0.132. The molecule has 2 heteroatoms. The van der Waals surface area contributed by atoms with Crippen LogP contribution in [0.25, 0.3) is 0 Å². The van der Waals surface area contributed by atoms with Crippen LogP contribution < -0.4 is 4.74 Å². The summed E-state index contributed by atoms with van der Waals surface area (Å²) in [5.41, 5.74) is 3.73. The van der Waals surface area contributed by atoms with Crippen molar-refractivity contribution in [1.82, 2.24) is 0 Å². The van der Waals surface area contributed by atoms with E-state index >= 15 is 0 Å². The maximum atomic E-state index is 10.4. The summed E-state index contributed by atoms with van der Waals surface area (Å²) >= 11 is 0. The number of benzene rings is 2. The summed E-state index contributed by atoms with van der Waals surface area (Å²) in [4.78, 5) is 0. The molecule has 0 heterocycles. The van der Waals surface area contributed by atoms with Gasteiger partial charge in [-0.25, -0.2) is 0 Å². The second kappa shape index (κ2) is 5.06. The lowest BCUT2D eigenvalue weighted by Gasteiger charge is -2.34. The number of hydrogen-bond donors (Lipinski definition) is 1. The maximum absolute atomic E-state index is 10.4. The van der Waals surface area contributed by atoms with Crippen molar-refractivity contribution in [3.05, 3.63) is 65.2 Å². The third-order valence-electron chi connectivity index (χ3n) is 3.98. The van der Waals surface area contributed by atoms with Crippen molar-refractivity contribution >= 4 is 0 Å². The molecule has 0 amide bonds. The topological polar surface area (TPSA) is 29.5 Å². The normalized spacial score (nSPS) is 18.3. The van der Waals surface area contributed by atoms with Gasteiger partial charge < -0.3 is 9.84 Å². The van der Waals surface area contributed by atoms with E-state index in [9.17, 15) is 5.11 Å². The Hall–Kier alpha value is -1.80. The number of fused-ring (bicyclic) bond motifs is 1. The van der Waals surface area contributed by atoms with Crippen LogP contribution in [0.4, 0.5) is 0 Å². The van der Waals surface area contributed by atoms with Crippen LogP contribution >= 0.6 is 0 Å². The summed E-state index contributed by atoms with van der Waals surface area (Å²) in [5.74, 6) is 1.12. The number of aliphatic hydroxyl groups excluding tert-OH is 1. The predicted octanol–water partition coefficient (Wildman–Crippen LogP) is 2.94. The van der Waals surface area contributed by atoms with Gasteiger partial charge in [-0.3, -0.25) is 0 Å². The molecule has 2 aromatic rings. The van der Waals surface area contributed by atoms with Crippen molar-refractivity contribution in [3.8, 4) is 5.75 Å². The summed E-state index contributed by atoms with van der Waals surface area (Å²) < 4.78 is 5.34. The fourth-order valence-electron chi connectivity index (χ4n) is 2.88. The number of aliphatic hydroxyl groups is 1. The van der Waals surface area contributed by atoms with Crippen LogP contribution in [0, 0.1) is 0 Å². The number of methoxy groups -OCH3 is 1. The molecule has 0 saturated heterocycles. The van der Waals surface area contributed by atoms with E-state index in [4.69, 9.17) is 4.74 Å². The highest BCUT2D eigenvalue weighted by Gasteiger charge is 2.31. The first kappa shape index (κ1) is 12.2. The fourth-order valence-corrected chi connectivity index (χ4v) is 2.88. The van der Waals surface area contributed by atoms with Gasteiger partial charge in [-0.2, -0.15) is 0 Å². The smallest absolute Gasteiger partial charge is 0.122 e. The van der Waals surface area contributed by atoms with Gasteiger partial charge in [0.05, 0.1) is 13.2 Å². The fraction of sp³-hybridized carbons (Fsp3) is 0.294. The molecule has 0 fully saturated rings. The summed E-state index contributed by atoms with van der Waals surface area (Å²) in [5, 5.41) is 10.4. The Bertz CT molecular complexity index is 577. The van der Waals surface area contributed by atoms with Gasteiger partial charge >= 0.3 is 0 Å². The summed E-state index contributed by atoms with van der Waals surface area (Å²) in [6.07, 6.45) is 1.28. The molecule has 0 radical (unpaired) electrons. The molecule has 0 aliphatic heterocycles. The van der Waals surface area contributed by atoms with Crippen molar-refractivity contribution in [3.63, 3.8) is 0 Å². The molecule has 0 saturated carbocycles. The van der Waals surface area contributed by atoms with Crippen molar-refractivity contribution in [2.24, 2.45) is 0 Å². The number of rotatable bonds is 4. The Kier molecular flexibility index (Phi) is 3.26. The molecule has 1 N–H and O–H groups in total. The quantitative estimate of drug-likeness (QED) is 0.909. The molecular formula is C17H18O2. The van der Waals surface area contributed by atoms with Crippen LogP contribution in [0.2, 0.25) is 0 Å². The number of hydrogen-bond acceptors (Lipinski definition) is 2. The van der Waals surface area contributed by atoms with Gasteiger partial charge in [0.15, 0.2) is 0 Å². The van der Waals surface area contributed by atoms with E-state index in [1.54, 1.807) is 7.11 Å². The minimum Gasteiger partial charge on any atom is -0.496 e. The molecule has 2 nitrogen and oxygen atoms in total. The highest BCUT2D eigenvalue weighted by atomic mass is 16.5. The number of ether oxygens (including phenoxy) is 1. The largest absolute Gasteiger partial charge is 0.496 e. The standard InChI is InChI=1S/C17H18O2/c1-19-17-9-5-3-7-13(17)11-16(18)15-10-12-6-2-4-8-14(12)15/h2-9,15-16,18H,10-11H2,1H3. The maximum Gasteiger partial charge on any atom is 0.122 e. The molecule has 0 aromatic heterocycles. The highest BCUT2D eigenvalue weighted by Crippen LogP contribution is 2.38. The minimum absolute atomic E-state index is 0.265. The van der Waals surface area contributed by atoms with Crippen LogP contribution in [0.1, 0.15) is 22.6 Å². The minimum atomic E-state index is -0.341. The SMILES string of the molecule is COc1ccccc1CC(O)C1Cc2ccccc21. The van der Waals surface area contributed by atoms with E-state index in [-0.39, 0.29) is 12.0 Å². The molecular weight excluding hydrogens is 236 g/mol. The van der Waals surface area contributed by atoms with E-state index in [0.717, 1.165) is 17.7 Å². The first-order valence-corrected chi connectivity index (χ1v) is 6.67. The first-order chi connectivity index (χ1) is 9.29. The molecule has 2 aromatic carbocycles. The molecule has 0 bridgehead atoms. The van der Waals surface area contributed by atoms with E-state index in [0.29, 0.717) is 6.42 Å². The third kappa shape index (κ3) is 2.24. The molecule has 1 aliphatic rings. The Morgan fingerprint density at radius 1 is 1.16 bits per heavy atom. The van der Waals surface area contributed by atoms with Crippen molar-refractivity contribution in [1.29, 1.82) is 0 Å². The predicted molar refractivity (Wildman–Crippen MR) is 75.6 cm³/mol. The van der Waals surface area contributed by atoms with Gasteiger partial charge in [-0.05, 0) is 29.2 Å². The van der Waals surface area contributed by atoms with Crippen molar-refractivity contribution in [2.45, 2.75) is 24.9 Å². The molecule has 1 aliphatic carbocycles. The summed E-state index contributed by atoms with van der Waals surface area (Å²) in [6.45, 7) is 0. The molecule has 98 valence electrons. The van der Waals surface area contributed by atoms with E-state index in [1.807, 2.05) is 30.3 Å². The van der Waals surface area contributed by atoms with Gasteiger partial charge in [-0.1, -0.05) is 42.5 Å². The van der Waals surface area contributed by atoms with Crippen molar-refractivity contribution in [2.75, 3.05) is 7.11 Å². The Balaban J connectivity index is 1.75. The van der Waals surface area contributed by atoms with Gasteiger partial charge in [0.1, 0.15) is 5.75 Å². The Morgan fingerprint density at radius 3 is 2.68 bits per heavy atom. The molecule has 0 spiro atoms. The molecule has 2 atom stereocenters. The summed E-state index contributed by atoms with van der Waals surface area (Å²) in [6, 6.07) is 16.3. The zero-order chi connectivity index (χ0) is 13.2. The first-order valence-electron chi connectivity index (χ1n) is 6.67. The Morgan fingerprint density at radius 2 is 1.89 bits per heavy atom. The Labute approximate surface area is 113 Å². The average Bonchev–Trinajstić information content (AvgIpc) is 2.41. The van der Waals surface area contributed by atoms with E-state index in [2.05, 4.69) is 18.2 Å². The van der Waals surface area contributed by atoms with Gasteiger partial charge in [-0.15, -0.1) is 0 Å². The van der Waals surface area contributed by atoms with Crippen LogP contribution in [0.15, 0.2) is 48.5 Å². The third-order valence-corrected chi connectivity index (χ3v) is 3.98. The van der Waals surface area contributed by atoms with Crippen LogP contribution in [-0.2, 0) is 12.8 Å². The van der Waals surface area contributed by atoms with Crippen LogP contribution in [0.3, 0.4) is 0 Å². The summed E-state index contributed by atoms with van der Waals surface area (Å²) in [7, 11) is 1.67. The molecule has 2 unspecified atom stereocenters. The van der Waals surface area contributed by atoms with Gasteiger partial charge in [0, 0.05) is 12.3 Å². The second-order valence-electron chi connectivity index (χ2n) is 5.09. The lowest BCUT2D eigenvalue weighted by Crippen LogP contribution is -2.30.